The fourth-order valence-electron chi connectivity index (χ4n) is 1.49. The van der Waals surface area contributed by atoms with E-state index in [0.29, 0.717) is 0 Å². The van der Waals surface area contributed by atoms with Crippen LogP contribution in [0.25, 0.3) is 0 Å². The van der Waals surface area contributed by atoms with Gasteiger partial charge in [-0.15, -0.1) is 0 Å². The SMILES string of the molecule is CCCCC(N)c1ccc(OC(F)F)cc1. The van der Waals surface area contributed by atoms with Gasteiger partial charge in [0.2, 0.25) is 0 Å². The molecule has 1 rings (SSSR count). The summed E-state index contributed by atoms with van der Waals surface area (Å²) in [5.74, 6) is 0.168. The Bertz CT molecular complexity index is 300. The molecule has 2 N–H and O–H groups in total. The van der Waals surface area contributed by atoms with Gasteiger partial charge in [-0.25, -0.2) is 0 Å². The molecule has 1 atom stereocenters. The first-order chi connectivity index (χ1) is 7.63. The minimum absolute atomic E-state index is 0.0273. The molecule has 0 radical (unpaired) electrons. The minimum atomic E-state index is -2.78. The van der Waals surface area contributed by atoms with E-state index in [9.17, 15) is 8.78 Å². The lowest BCUT2D eigenvalue weighted by Crippen LogP contribution is -2.10. The lowest BCUT2D eigenvalue weighted by molar-refractivity contribution is -0.0498. The maximum Gasteiger partial charge on any atom is 0.387 e. The van der Waals surface area contributed by atoms with Crippen molar-refractivity contribution < 1.29 is 13.5 Å². The predicted octanol–water partition coefficient (Wildman–Crippen LogP) is 3.48. The number of nitrogens with two attached hydrogens (primary N) is 1. The summed E-state index contributed by atoms with van der Waals surface area (Å²) < 4.78 is 28.1. The van der Waals surface area contributed by atoms with E-state index in [-0.39, 0.29) is 11.8 Å². The topological polar surface area (TPSA) is 35.2 Å². The fourth-order valence-corrected chi connectivity index (χ4v) is 1.49. The third-order valence-electron chi connectivity index (χ3n) is 2.40. The van der Waals surface area contributed by atoms with Crippen molar-refractivity contribution in [2.24, 2.45) is 5.73 Å². The third-order valence-corrected chi connectivity index (χ3v) is 2.40. The van der Waals surface area contributed by atoms with E-state index in [1.165, 1.54) is 12.1 Å². The normalized spacial score (nSPS) is 12.8. The molecule has 90 valence electrons. The molecule has 0 heterocycles. The number of rotatable bonds is 6. The summed E-state index contributed by atoms with van der Waals surface area (Å²) in [7, 11) is 0. The molecule has 0 saturated heterocycles. The highest BCUT2D eigenvalue weighted by Crippen LogP contribution is 2.21. The molecule has 1 aromatic carbocycles. The molecule has 0 aliphatic carbocycles. The van der Waals surface area contributed by atoms with Crippen LogP contribution < -0.4 is 10.5 Å². The predicted molar refractivity (Wildman–Crippen MR) is 59.5 cm³/mol. The highest BCUT2D eigenvalue weighted by atomic mass is 19.3. The summed E-state index contributed by atoms with van der Waals surface area (Å²) in [6.45, 7) is -0.675. The van der Waals surface area contributed by atoms with Crippen molar-refractivity contribution in [3.05, 3.63) is 29.8 Å². The second-order valence-corrected chi connectivity index (χ2v) is 3.70. The van der Waals surface area contributed by atoms with Crippen molar-refractivity contribution in [1.82, 2.24) is 0 Å². The smallest absolute Gasteiger partial charge is 0.387 e. The number of hydrogen-bond donors (Lipinski definition) is 1. The Hall–Kier alpha value is -1.16. The van der Waals surface area contributed by atoms with E-state index in [2.05, 4.69) is 11.7 Å². The Kier molecular flexibility index (Phi) is 5.19. The van der Waals surface area contributed by atoms with Crippen molar-refractivity contribution >= 4 is 0 Å². The monoisotopic (exact) mass is 229 g/mol. The van der Waals surface area contributed by atoms with E-state index in [1.54, 1.807) is 12.1 Å². The Balaban J connectivity index is 2.56. The zero-order valence-corrected chi connectivity index (χ0v) is 9.33. The fraction of sp³-hybridized carbons (Fsp3) is 0.500. The molecule has 0 amide bonds. The molecule has 2 nitrogen and oxygen atoms in total. The molecule has 0 saturated carbocycles. The van der Waals surface area contributed by atoms with Gasteiger partial charge in [-0.2, -0.15) is 8.78 Å². The molecule has 0 bridgehead atoms. The first-order valence-electron chi connectivity index (χ1n) is 5.43. The molecular weight excluding hydrogens is 212 g/mol. The van der Waals surface area contributed by atoms with Gasteiger partial charge in [0.15, 0.2) is 0 Å². The first-order valence-corrected chi connectivity index (χ1v) is 5.43. The van der Waals surface area contributed by atoms with Crippen LogP contribution in [0.2, 0.25) is 0 Å². The van der Waals surface area contributed by atoms with Crippen molar-refractivity contribution in [2.75, 3.05) is 0 Å². The number of hydrogen-bond acceptors (Lipinski definition) is 2. The standard InChI is InChI=1S/C12H17F2NO/c1-2-3-4-11(15)9-5-7-10(8-6-9)16-12(13)14/h5-8,11-12H,2-4,15H2,1H3. The molecule has 0 spiro atoms. The quantitative estimate of drug-likeness (QED) is 0.810. The van der Waals surface area contributed by atoms with Crippen LogP contribution in [-0.4, -0.2) is 6.61 Å². The van der Waals surface area contributed by atoms with Crippen LogP contribution >= 0.6 is 0 Å². The summed E-state index contributed by atoms with van der Waals surface area (Å²) >= 11 is 0. The van der Waals surface area contributed by atoms with Gasteiger partial charge < -0.3 is 10.5 Å². The molecule has 1 aromatic rings. The second-order valence-electron chi connectivity index (χ2n) is 3.70. The number of benzene rings is 1. The number of alkyl halides is 2. The molecule has 16 heavy (non-hydrogen) atoms. The van der Waals surface area contributed by atoms with Crippen LogP contribution in [0.15, 0.2) is 24.3 Å². The van der Waals surface area contributed by atoms with Gasteiger partial charge in [0, 0.05) is 6.04 Å². The van der Waals surface area contributed by atoms with Crippen LogP contribution in [-0.2, 0) is 0 Å². The Labute approximate surface area is 94.4 Å². The van der Waals surface area contributed by atoms with Crippen LogP contribution in [0.5, 0.6) is 5.75 Å². The van der Waals surface area contributed by atoms with E-state index in [0.717, 1.165) is 24.8 Å². The third kappa shape index (κ3) is 4.14. The van der Waals surface area contributed by atoms with Crippen molar-refractivity contribution in [2.45, 2.75) is 38.8 Å². The van der Waals surface area contributed by atoms with Gasteiger partial charge >= 0.3 is 6.61 Å². The number of ether oxygens (including phenoxy) is 1. The van der Waals surface area contributed by atoms with E-state index in [4.69, 9.17) is 5.73 Å². The van der Waals surface area contributed by atoms with Crippen LogP contribution in [0.4, 0.5) is 8.78 Å². The summed E-state index contributed by atoms with van der Waals surface area (Å²) in [4.78, 5) is 0. The lowest BCUT2D eigenvalue weighted by Gasteiger charge is -2.12. The minimum Gasteiger partial charge on any atom is -0.435 e. The van der Waals surface area contributed by atoms with Gasteiger partial charge in [0.1, 0.15) is 5.75 Å². The Morgan fingerprint density at radius 2 is 1.88 bits per heavy atom. The Morgan fingerprint density at radius 1 is 1.25 bits per heavy atom. The zero-order chi connectivity index (χ0) is 12.0. The second kappa shape index (κ2) is 6.43. The number of halogens is 2. The van der Waals surface area contributed by atoms with Gasteiger partial charge in [-0.05, 0) is 24.1 Å². The van der Waals surface area contributed by atoms with Gasteiger partial charge in [0.05, 0.1) is 0 Å². The van der Waals surface area contributed by atoms with Crippen molar-refractivity contribution in [1.29, 1.82) is 0 Å². The molecule has 0 fully saturated rings. The maximum absolute atomic E-state index is 11.9. The largest absolute Gasteiger partial charge is 0.435 e. The molecule has 0 aliphatic rings. The lowest BCUT2D eigenvalue weighted by atomic mass is 10.0. The molecule has 0 aromatic heterocycles. The maximum atomic E-state index is 11.9. The molecule has 4 heteroatoms. The first kappa shape index (κ1) is 12.9. The summed E-state index contributed by atoms with van der Waals surface area (Å²) in [5.41, 5.74) is 6.90. The van der Waals surface area contributed by atoms with Gasteiger partial charge in [-0.1, -0.05) is 31.9 Å². The van der Waals surface area contributed by atoms with Crippen LogP contribution in [0, 0.1) is 0 Å². The highest BCUT2D eigenvalue weighted by Gasteiger charge is 2.07. The molecule has 0 aliphatic heterocycles. The van der Waals surface area contributed by atoms with Crippen LogP contribution in [0.3, 0.4) is 0 Å². The Morgan fingerprint density at radius 3 is 2.38 bits per heavy atom. The van der Waals surface area contributed by atoms with Crippen molar-refractivity contribution in [3.8, 4) is 5.75 Å². The van der Waals surface area contributed by atoms with E-state index in [1.807, 2.05) is 0 Å². The number of unbranched alkanes of at least 4 members (excludes halogenated alkanes) is 1. The van der Waals surface area contributed by atoms with E-state index < -0.39 is 6.61 Å². The summed E-state index contributed by atoms with van der Waals surface area (Å²) in [6.07, 6.45) is 3.07. The molecular formula is C12H17F2NO. The highest BCUT2D eigenvalue weighted by molar-refractivity contribution is 5.29. The summed E-state index contributed by atoms with van der Waals surface area (Å²) in [6, 6.07) is 6.48. The van der Waals surface area contributed by atoms with Gasteiger partial charge in [0.25, 0.3) is 0 Å². The zero-order valence-electron chi connectivity index (χ0n) is 9.33. The van der Waals surface area contributed by atoms with Crippen LogP contribution in [0.1, 0.15) is 37.8 Å². The van der Waals surface area contributed by atoms with E-state index >= 15 is 0 Å². The summed E-state index contributed by atoms with van der Waals surface area (Å²) in [5, 5.41) is 0. The molecule has 1 unspecified atom stereocenters. The average Bonchev–Trinajstić information content (AvgIpc) is 2.26. The van der Waals surface area contributed by atoms with Crippen molar-refractivity contribution in [3.63, 3.8) is 0 Å². The van der Waals surface area contributed by atoms with Gasteiger partial charge in [-0.3, -0.25) is 0 Å². The average molecular weight is 229 g/mol.